The first-order chi connectivity index (χ1) is 9.11. The van der Waals surface area contributed by atoms with Crippen LogP contribution in [0.2, 0.25) is 0 Å². The molecule has 4 atom stereocenters. The summed E-state index contributed by atoms with van der Waals surface area (Å²) < 4.78 is 11.2. The molecule has 0 aliphatic carbocycles. The van der Waals surface area contributed by atoms with Crippen LogP contribution in [0.15, 0.2) is 4.52 Å². The second-order valence-corrected chi connectivity index (χ2v) is 6.36. The summed E-state index contributed by atoms with van der Waals surface area (Å²) in [5.41, 5.74) is 6.08. The fourth-order valence-electron chi connectivity index (χ4n) is 3.32. The van der Waals surface area contributed by atoms with Crippen LogP contribution in [-0.2, 0) is 11.2 Å². The van der Waals surface area contributed by atoms with Crippen molar-refractivity contribution in [3.05, 3.63) is 11.7 Å². The van der Waals surface area contributed by atoms with Crippen LogP contribution < -0.4 is 5.73 Å². The Kier molecular flexibility index (Phi) is 3.58. The van der Waals surface area contributed by atoms with Crippen molar-refractivity contribution in [3.63, 3.8) is 0 Å². The zero-order valence-electron chi connectivity index (χ0n) is 11.7. The molecule has 2 aliphatic heterocycles. The molecule has 1 aromatic rings. The molecule has 0 spiro atoms. The molecule has 3 rings (SSSR count). The summed E-state index contributed by atoms with van der Waals surface area (Å²) in [6.45, 7) is 4.34. The number of aromatic nitrogens is 2. The second kappa shape index (κ2) is 5.21. The van der Waals surface area contributed by atoms with Gasteiger partial charge in [0.05, 0.1) is 18.1 Å². The van der Waals surface area contributed by atoms with E-state index in [2.05, 4.69) is 24.0 Å². The van der Waals surface area contributed by atoms with Gasteiger partial charge in [0.1, 0.15) is 0 Å². The van der Waals surface area contributed by atoms with Gasteiger partial charge in [0.25, 0.3) is 0 Å². The molecule has 19 heavy (non-hydrogen) atoms. The van der Waals surface area contributed by atoms with E-state index in [0.29, 0.717) is 36.4 Å². The predicted molar refractivity (Wildman–Crippen MR) is 70.7 cm³/mol. The Morgan fingerprint density at radius 3 is 2.84 bits per heavy atom. The summed E-state index contributed by atoms with van der Waals surface area (Å²) in [5.74, 6) is 2.42. The molecule has 3 heterocycles. The molecule has 2 saturated heterocycles. The van der Waals surface area contributed by atoms with E-state index in [0.717, 1.165) is 25.1 Å². The summed E-state index contributed by atoms with van der Waals surface area (Å²) in [6.07, 6.45) is 5.74. The van der Waals surface area contributed by atoms with E-state index in [4.69, 9.17) is 15.0 Å². The summed E-state index contributed by atoms with van der Waals surface area (Å²) >= 11 is 0. The molecule has 106 valence electrons. The SMILES string of the molecule is CC(C)CC(N)Cc1nc(C2CC3CCC2O3)no1. The van der Waals surface area contributed by atoms with Crippen LogP contribution in [0.3, 0.4) is 0 Å². The molecule has 2 bridgehead atoms. The van der Waals surface area contributed by atoms with Gasteiger partial charge in [-0.05, 0) is 31.6 Å². The Balaban J connectivity index is 1.60. The van der Waals surface area contributed by atoms with E-state index < -0.39 is 0 Å². The van der Waals surface area contributed by atoms with E-state index in [9.17, 15) is 0 Å². The highest BCUT2D eigenvalue weighted by Crippen LogP contribution is 2.43. The average molecular weight is 265 g/mol. The van der Waals surface area contributed by atoms with Gasteiger partial charge in [0.15, 0.2) is 5.82 Å². The molecule has 5 nitrogen and oxygen atoms in total. The Morgan fingerprint density at radius 1 is 1.37 bits per heavy atom. The van der Waals surface area contributed by atoms with Gasteiger partial charge in [-0.1, -0.05) is 19.0 Å². The summed E-state index contributed by atoms with van der Waals surface area (Å²) in [5, 5.41) is 4.13. The van der Waals surface area contributed by atoms with Crippen molar-refractivity contribution in [2.45, 2.75) is 70.1 Å². The molecule has 4 unspecified atom stereocenters. The minimum atomic E-state index is 0.101. The maximum absolute atomic E-state index is 6.08. The third kappa shape index (κ3) is 2.82. The first-order valence-corrected chi connectivity index (χ1v) is 7.35. The van der Waals surface area contributed by atoms with Crippen molar-refractivity contribution in [2.75, 3.05) is 0 Å². The van der Waals surface area contributed by atoms with E-state index in [-0.39, 0.29) is 6.04 Å². The normalized spacial score (nSPS) is 31.3. The quantitative estimate of drug-likeness (QED) is 0.881. The van der Waals surface area contributed by atoms with Crippen molar-refractivity contribution < 1.29 is 9.26 Å². The Labute approximate surface area is 113 Å². The largest absolute Gasteiger partial charge is 0.374 e. The van der Waals surface area contributed by atoms with Crippen LogP contribution in [0.1, 0.15) is 57.2 Å². The molecular weight excluding hydrogens is 242 g/mol. The highest BCUT2D eigenvalue weighted by atomic mass is 16.5. The van der Waals surface area contributed by atoms with Gasteiger partial charge in [-0.25, -0.2) is 0 Å². The van der Waals surface area contributed by atoms with Gasteiger partial charge in [-0.3, -0.25) is 0 Å². The van der Waals surface area contributed by atoms with Crippen LogP contribution in [0.5, 0.6) is 0 Å². The summed E-state index contributed by atoms with van der Waals surface area (Å²) in [6, 6.07) is 0.101. The van der Waals surface area contributed by atoms with Gasteiger partial charge in [0, 0.05) is 12.5 Å². The van der Waals surface area contributed by atoms with Crippen molar-refractivity contribution in [1.29, 1.82) is 0 Å². The van der Waals surface area contributed by atoms with Crippen LogP contribution in [0, 0.1) is 5.92 Å². The topological polar surface area (TPSA) is 74.2 Å². The number of nitrogens with two attached hydrogens (primary N) is 1. The highest BCUT2D eigenvalue weighted by molar-refractivity contribution is 5.07. The van der Waals surface area contributed by atoms with Gasteiger partial charge in [0.2, 0.25) is 5.89 Å². The summed E-state index contributed by atoms with van der Waals surface area (Å²) in [4.78, 5) is 4.52. The average Bonchev–Trinajstić information content (AvgIpc) is 3.01. The van der Waals surface area contributed by atoms with E-state index in [1.807, 2.05) is 0 Å². The number of fused-ring (bicyclic) bond motifs is 2. The Hall–Kier alpha value is -0.940. The lowest BCUT2D eigenvalue weighted by Crippen LogP contribution is -2.25. The Morgan fingerprint density at radius 2 is 2.21 bits per heavy atom. The molecular formula is C14H23N3O2. The maximum Gasteiger partial charge on any atom is 0.228 e. The minimum Gasteiger partial charge on any atom is -0.374 e. The lowest BCUT2D eigenvalue weighted by atomic mass is 9.89. The predicted octanol–water partition coefficient (Wildman–Crippen LogP) is 2.02. The molecule has 0 amide bonds. The van der Waals surface area contributed by atoms with Gasteiger partial charge >= 0.3 is 0 Å². The molecule has 2 fully saturated rings. The van der Waals surface area contributed by atoms with Crippen LogP contribution >= 0.6 is 0 Å². The molecule has 1 aromatic heterocycles. The Bertz CT molecular complexity index is 432. The monoisotopic (exact) mass is 265 g/mol. The van der Waals surface area contributed by atoms with Crippen LogP contribution in [0.25, 0.3) is 0 Å². The van der Waals surface area contributed by atoms with Gasteiger partial charge in [-0.2, -0.15) is 4.98 Å². The third-order valence-corrected chi connectivity index (χ3v) is 4.13. The molecule has 0 radical (unpaired) electrons. The second-order valence-electron chi connectivity index (χ2n) is 6.36. The van der Waals surface area contributed by atoms with E-state index in [1.165, 1.54) is 6.42 Å². The van der Waals surface area contributed by atoms with Crippen molar-refractivity contribution in [3.8, 4) is 0 Å². The molecule has 2 N–H and O–H groups in total. The fourth-order valence-corrected chi connectivity index (χ4v) is 3.32. The van der Waals surface area contributed by atoms with Crippen molar-refractivity contribution in [1.82, 2.24) is 10.1 Å². The third-order valence-electron chi connectivity index (χ3n) is 4.13. The van der Waals surface area contributed by atoms with E-state index >= 15 is 0 Å². The maximum atomic E-state index is 6.08. The smallest absolute Gasteiger partial charge is 0.228 e. The first-order valence-electron chi connectivity index (χ1n) is 7.35. The van der Waals surface area contributed by atoms with Crippen LogP contribution in [-0.4, -0.2) is 28.4 Å². The number of nitrogens with zero attached hydrogens (tertiary/aromatic N) is 2. The first kappa shape index (κ1) is 13.1. The minimum absolute atomic E-state index is 0.101. The fraction of sp³-hybridized carbons (Fsp3) is 0.857. The number of rotatable bonds is 5. The number of ether oxygens (including phenoxy) is 1. The highest BCUT2D eigenvalue weighted by Gasteiger charge is 2.43. The van der Waals surface area contributed by atoms with Crippen LogP contribution in [0.4, 0.5) is 0 Å². The molecule has 5 heteroatoms. The summed E-state index contributed by atoms with van der Waals surface area (Å²) in [7, 11) is 0. The lowest BCUT2D eigenvalue weighted by Gasteiger charge is -2.14. The zero-order chi connectivity index (χ0) is 13.4. The molecule has 0 aromatic carbocycles. The zero-order valence-corrected chi connectivity index (χ0v) is 11.7. The number of hydrogen-bond donors (Lipinski definition) is 1. The van der Waals surface area contributed by atoms with Crippen molar-refractivity contribution >= 4 is 0 Å². The van der Waals surface area contributed by atoms with Gasteiger partial charge < -0.3 is 15.0 Å². The number of hydrogen-bond acceptors (Lipinski definition) is 5. The van der Waals surface area contributed by atoms with E-state index in [1.54, 1.807) is 0 Å². The molecule has 2 aliphatic rings. The lowest BCUT2D eigenvalue weighted by molar-refractivity contribution is 0.0996. The standard InChI is InChI=1S/C14H23N3O2/c1-8(2)5-9(15)6-13-16-14(17-19-13)11-7-10-3-4-12(11)18-10/h8-12H,3-7,15H2,1-2H3. The molecule has 0 saturated carbocycles. The van der Waals surface area contributed by atoms with Crippen molar-refractivity contribution in [2.24, 2.45) is 11.7 Å². The van der Waals surface area contributed by atoms with Gasteiger partial charge in [-0.15, -0.1) is 0 Å².